The van der Waals surface area contributed by atoms with E-state index >= 15 is 0 Å². The highest BCUT2D eigenvalue weighted by atomic mass is 16.4. The fourth-order valence-corrected chi connectivity index (χ4v) is 2.68. The quantitative estimate of drug-likeness (QED) is 0.219. The Labute approximate surface area is 155 Å². The standard InChI is InChI=1S/C15H25N5O7/c16-8(3-4-11(17)22)13(25)19-9(7-21)15(27)20-5-1-2-10(20)14(26)18-6-12(23)24/h8-10,21H,1-7,16H2,(H2,17,22)(H,18,26)(H,19,25)(H,23,24). The van der Waals surface area contributed by atoms with Gasteiger partial charge in [0.05, 0.1) is 12.6 Å². The number of nitrogens with one attached hydrogen (secondary N) is 2. The Morgan fingerprint density at radius 3 is 2.44 bits per heavy atom. The number of carboxylic acid groups (broad SMARTS) is 1. The second-order valence-electron chi connectivity index (χ2n) is 6.16. The third-order valence-corrected chi connectivity index (χ3v) is 4.09. The van der Waals surface area contributed by atoms with E-state index in [0.717, 1.165) is 0 Å². The number of aliphatic hydroxyl groups excluding tert-OH is 1. The molecule has 12 nitrogen and oxygen atoms in total. The normalized spacial score (nSPS) is 18.4. The lowest BCUT2D eigenvalue weighted by Gasteiger charge is -2.28. The summed E-state index contributed by atoms with van der Waals surface area (Å²) in [6, 6.07) is -3.29. The van der Waals surface area contributed by atoms with E-state index in [4.69, 9.17) is 16.6 Å². The van der Waals surface area contributed by atoms with E-state index in [9.17, 15) is 29.1 Å². The zero-order chi connectivity index (χ0) is 20.6. The maximum absolute atomic E-state index is 12.6. The molecule has 0 aromatic heterocycles. The molecule has 0 radical (unpaired) electrons. The summed E-state index contributed by atoms with van der Waals surface area (Å²) >= 11 is 0. The first kappa shape index (κ1) is 22.3. The number of aliphatic hydroxyl groups is 1. The van der Waals surface area contributed by atoms with E-state index in [-0.39, 0.29) is 19.4 Å². The van der Waals surface area contributed by atoms with Crippen molar-refractivity contribution in [3.63, 3.8) is 0 Å². The Morgan fingerprint density at radius 1 is 1.22 bits per heavy atom. The number of aliphatic carboxylic acids is 1. The summed E-state index contributed by atoms with van der Waals surface area (Å²) in [5, 5.41) is 22.6. The van der Waals surface area contributed by atoms with Crippen molar-refractivity contribution in [2.45, 2.75) is 43.8 Å². The predicted molar refractivity (Wildman–Crippen MR) is 90.8 cm³/mol. The van der Waals surface area contributed by atoms with Crippen LogP contribution in [-0.4, -0.2) is 82.5 Å². The number of nitrogens with zero attached hydrogens (tertiary/aromatic N) is 1. The number of nitrogens with two attached hydrogens (primary N) is 2. The summed E-state index contributed by atoms with van der Waals surface area (Å²) in [4.78, 5) is 59.2. The number of likely N-dealkylation sites (tertiary alicyclic amines) is 1. The van der Waals surface area contributed by atoms with Crippen LogP contribution in [0.2, 0.25) is 0 Å². The lowest BCUT2D eigenvalue weighted by molar-refractivity contribution is -0.143. The topological polar surface area (TPSA) is 205 Å². The molecule has 3 unspecified atom stereocenters. The van der Waals surface area contributed by atoms with E-state index in [2.05, 4.69) is 10.6 Å². The van der Waals surface area contributed by atoms with Gasteiger partial charge in [-0.15, -0.1) is 0 Å². The van der Waals surface area contributed by atoms with Gasteiger partial charge in [0.25, 0.3) is 0 Å². The van der Waals surface area contributed by atoms with Crippen LogP contribution in [0, 0.1) is 0 Å². The van der Waals surface area contributed by atoms with Gasteiger partial charge >= 0.3 is 5.97 Å². The first-order valence-corrected chi connectivity index (χ1v) is 8.42. The first-order chi connectivity index (χ1) is 12.7. The highest BCUT2D eigenvalue weighted by molar-refractivity contribution is 5.94. The lowest BCUT2D eigenvalue weighted by atomic mass is 10.1. The largest absolute Gasteiger partial charge is 0.480 e. The molecule has 1 rings (SSSR count). The smallest absolute Gasteiger partial charge is 0.322 e. The van der Waals surface area contributed by atoms with Gasteiger partial charge in [0.1, 0.15) is 18.6 Å². The number of hydrogen-bond acceptors (Lipinski definition) is 7. The Hall–Kier alpha value is -2.73. The summed E-state index contributed by atoms with van der Waals surface area (Å²) in [5.74, 6) is -3.88. The molecule has 0 saturated carbocycles. The first-order valence-electron chi connectivity index (χ1n) is 8.42. The summed E-state index contributed by atoms with van der Waals surface area (Å²) < 4.78 is 0. The molecule has 4 amide bonds. The monoisotopic (exact) mass is 387 g/mol. The zero-order valence-electron chi connectivity index (χ0n) is 14.7. The molecule has 0 aromatic rings. The fraction of sp³-hybridized carbons (Fsp3) is 0.667. The molecule has 0 aromatic carbocycles. The second kappa shape index (κ2) is 10.4. The van der Waals surface area contributed by atoms with Gasteiger partial charge in [0, 0.05) is 13.0 Å². The summed E-state index contributed by atoms with van der Waals surface area (Å²) in [5.41, 5.74) is 10.6. The van der Waals surface area contributed by atoms with E-state index in [1.165, 1.54) is 4.90 Å². The van der Waals surface area contributed by atoms with Crippen molar-refractivity contribution in [2.24, 2.45) is 11.5 Å². The van der Waals surface area contributed by atoms with Crippen LogP contribution in [0.4, 0.5) is 0 Å². The molecule has 1 fully saturated rings. The van der Waals surface area contributed by atoms with Crippen LogP contribution in [0.5, 0.6) is 0 Å². The van der Waals surface area contributed by atoms with Crippen molar-refractivity contribution in [2.75, 3.05) is 19.7 Å². The average molecular weight is 387 g/mol. The Morgan fingerprint density at radius 2 is 1.89 bits per heavy atom. The molecule has 0 spiro atoms. The van der Waals surface area contributed by atoms with Gasteiger partial charge in [-0.1, -0.05) is 0 Å². The molecule has 0 aliphatic carbocycles. The minimum atomic E-state index is -1.31. The molecule has 1 saturated heterocycles. The van der Waals surface area contributed by atoms with Crippen molar-refractivity contribution < 1.29 is 34.2 Å². The van der Waals surface area contributed by atoms with Gasteiger partial charge in [-0.25, -0.2) is 0 Å². The van der Waals surface area contributed by atoms with E-state index in [1.807, 2.05) is 0 Å². The number of carbonyl (C=O) groups is 5. The highest BCUT2D eigenvalue weighted by Crippen LogP contribution is 2.18. The number of carboxylic acids is 1. The van der Waals surface area contributed by atoms with E-state index in [1.54, 1.807) is 0 Å². The van der Waals surface area contributed by atoms with Gasteiger partial charge < -0.3 is 37.2 Å². The molecule has 3 atom stereocenters. The molecular weight excluding hydrogens is 362 g/mol. The fourth-order valence-electron chi connectivity index (χ4n) is 2.68. The average Bonchev–Trinajstić information content (AvgIpc) is 3.10. The number of hydrogen-bond donors (Lipinski definition) is 6. The third-order valence-electron chi connectivity index (χ3n) is 4.09. The molecule has 0 bridgehead atoms. The number of rotatable bonds is 10. The minimum Gasteiger partial charge on any atom is -0.480 e. The number of primary amides is 1. The van der Waals surface area contributed by atoms with E-state index < -0.39 is 60.9 Å². The van der Waals surface area contributed by atoms with Crippen LogP contribution in [0.15, 0.2) is 0 Å². The summed E-state index contributed by atoms with van der Waals surface area (Å²) in [6.45, 7) is -1.07. The number of carbonyl (C=O) groups excluding carboxylic acids is 4. The molecule has 1 aliphatic heterocycles. The lowest BCUT2D eigenvalue weighted by Crippen LogP contribution is -2.57. The maximum Gasteiger partial charge on any atom is 0.322 e. The molecule has 1 aliphatic rings. The Balaban J connectivity index is 2.69. The minimum absolute atomic E-state index is 0.0164. The summed E-state index contributed by atoms with van der Waals surface area (Å²) in [6.07, 6.45) is 0.726. The van der Waals surface area contributed by atoms with Crippen LogP contribution in [-0.2, 0) is 24.0 Å². The van der Waals surface area contributed by atoms with Crippen LogP contribution in [0.3, 0.4) is 0 Å². The van der Waals surface area contributed by atoms with Crippen molar-refractivity contribution in [3.8, 4) is 0 Å². The van der Waals surface area contributed by atoms with Crippen molar-refractivity contribution in [1.29, 1.82) is 0 Å². The van der Waals surface area contributed by atoms with Gasteiger partial charge in [-0.3, -0.25) is 24.0 Å². The highest BCUT2D eigenvalue weighted by Gasteiger charge is 2.37. The SMILES string of the molecule is NC(=O)CCC(N)C(=O)NC(CO)C(=O)N1CCCC1C(=O)NCC(=O)O. The zero-order valence-corrected chi connectivity index (χ0v) is 14.7. The van der Waals surface area contributed by atoms with Gasteiger partial charge in [0.2, 0.25) is 23.6 Å². The third kappa shape index (κ3) is 6.83. The second-order valence-corrected chi connectivity index (χ2v) is 6.16. The number of amides is 4. The molecular formula is C15H25N5O7. The molecule has 1 heterocycles. The van der Waals surface area contributed by atoms with Crippen molar-refractivity contribution in [3.05, 3.63) is 0 Å². The van der Waals surface area contributed by atoms with Crippen LogP contribution < -0.4 is 22.1 Å². The molecule has 12 heteroatoms. The van der Waals surface area contributed by atoms with Crippen LogP contribution >= 0.6 is 0 Å². The van der Waals surface area contributed by atoms with Gasteiger partial charge in [-0.2, -0.15) is 0 Å². The molecule has 152 valence electrons. The Kier molecular flexibility index (Phi) is 8.62. The summed E-state index contributed by atoms with van der Waals surface area (Å²) in [7, 11) is 0. The van der Waals surface area contributed by atoms with Gasteiger partial charge in [-0.05, 0) is 19.3 Å². The van der Waals surface area contributed by atoms with Crippen LogP contribution in [0.1, 0.15) is 25.7 Å². The van der Waals surface area contributed by atoms with E-state index in [0.29, 0.717) is 12.8 Å². The maximum atomic E-state index is 12.6. The van der Waals surface area contributed by atoms with Crippen molar-refractivity contribution >= 4 is 29.6 Å². The van der Waals surface area contributed by atoms with Crippen molar-refractivity contribution in [1.82, 2.24) is 15.5 Å². The molecule has 8 N–H and O–H groups in total. The van der Waals surface area contributed by atoms with Crippen LogP contribution in [0.25, 0.3) is 0 Å². The molecule has 27 heavy (non-hydrogen) atoms. The Bertz CT molecular complexity index is 597. The predicted octanol–water partition coefficient (Wildman–Crippen LogP) is -3.75. The van der Waals surface area contributed by atoms with Gasteiger partial charge in [0.15, 0.2) is 0 Å².